The van der Waals surface area contributed by atoms with Crippen LogP contribution in [0.2, 0.25) is 0 Å². The molecule has 7 nitrogen and oxygen atoms in total. The average molecular weight is 330 g/mol. The van der Waals surface area contributed by atoms with Gasteiger partial charge in [-0.2, -0.15) is 15.8 Å². The van der Waals surface area contributed by atoms with Crippen LogP contribution >= 0.6 is 0 Å². The molecule has 2 rings (SSSR count). The van der Waals surface area contributed by atoms with Crippen molar-refractivity contribution >= 4 is 12.0 Å². The lowest BCUT2D eigenvalue weighted by Gasteiger charge is -2.00. The number of carbonyl (C=O) groups is 1. The van der Waals surface area contributed by atoms with Gasteiger partial charge in [0.25, 0.3) is 0 Å². The first kappa shape index (κ1) is 17.1. The lowest BCUT2D eigenvalue weighted by Crippen LogP contribution is -2.03. The molecule has 120 valence electrons. The van der Waals surface area contributed by atoms with E-state index in [-0.39, 0.29) is 28.2 Å². The molecule has 0 amide bonds. The van der Waals surface area contributed by atoms with Crippen molar-refractivity contribution in [2.45, 2.75) is 0 Å². The van der Waals surface area contributed by atoms with Crippen molar-refractivity contribution in [2.75, 3.05) is 0 Å². The van der Waals surface area contributed by atoms with Crippen LogP contribution in [0.1, 0.15) is 16.1 Å². The van der Waals surface area contributed by atoms with Gasteiger partial charge in [0.2, 0.25) is 0 Å². The quantitative estimate of drug-likeness (QED) is 0.646. The van der Waals surface area contributed by atoms with Gasteiger partial charge in [0.05, 0.1) is 16.8 Å². The van der Waals surface area contributed by atoms with Crippen molar-refractivity contribution in [3.05, 3.63) is 64.6 Å². The zero-order chi connectivity index (χ0) is 18.4. The number of rotatable bonds is 4. The van der Waals surface area contributed by atoms with Gasteiger partial charge < -0.3 is 15.3 Å². The highest BCUT2D eigenvalue weighted by Crippen LogP contribution is 2.25. The lowest BCUT2D eigenvalue weighted by atomic mass is 10.1. The summed E-state index contributed by atoms with van der Waals surface area (Å²) in [4.78, 5) is 11.0. The Hall–Kier alpha value is -4.28. The SMILES string of the molecule is N#CC(C#N)=C(N)/C(C#N)=C/c1ccc(-c2cccc(C(=O)O)c2)o1. The number of allylic oxidation sites excluding steroid dienone is 2. The van der Waals surface area contributed by atoms with Crippen molar-refractivity contribution < 1.29 is 14.3 Å². The number of nitrogens with zero attached hydrogens (tertiary/aromatic N) is 3. The first-order chi connectivity index (χ1) is 12.0. The molecule has 25 heavy (non-hydrogen) atoms. The maximum Gasteiger partial charge on any atom is 0.335 e. The molecule has 1 aromatic heterocycles. The van der Waals surface area contributed by atoms with Crippen LogP contribution in [0.25, 0.3) is 17.4 Å². The van der Waals surface area contributed by atoms with E-state index in [1.165, 1.54) is 18.2 Å². The Morgan fingerprint density at radius 3 is 2.44 bits per heavy atom. The molecule has 0 unspecified atom stereocenters. The van der Waals surface area contributed by atoms with Crippen LogP contribution in [-0.2, 0) is 0 Å². The Morgan fingerprint density at radius 2 is 1.84 bits per heavy atom. The maximum atomic E-state index is 11.0. The number of furan rings is 1. The van der Waals surface area contributed by atoms with Crippen LogP contribution in [0.5, 0.6) is 0 Å². The van der Waals surface area contributed by atoms with Gasteiger partial charge in [-0.25, -0.2) is 4.79 Å². The molecule has 0 spiro atoms. The van der Waals surface area contributed by atoms with Gasteiger partial charge in [0, 0.05) is 11.6 Å². The van der Waals surface area contributed by atoms with E-state index < -0.39 is 5.97 Å². The van der Waals surface area contributed by atoms with E-state index in [4.69, 9.17) is 31.0 Å². The molecule has 0 bridgehead atoms. The monoisotopic (exact) mass is 330 g/mol. The molecule has 0 saturated heterocycles. The molecule has 0 aliphatic heterocycles. The van der Waals surface area contributed by atoms with Crippen LogP contribution in [0.15, 0.2) is 57.7 Å². The summed E-state index contributed by atoms with van der Waals surface area (Å²) < 4.78 is 5.57. The number of hydrogen-bond donors (Lipinski definition) is 2. The average Bonchev–Trinajstić information content (AvgIpc) is 3.09. The fraction of sp³-hybridized carbons (Fsp3) is 0. The minimum Gasteiger partial charge on any atom is -0.478 e. The molecule has 0 saturated carbocycles. The van der Waals surface area contributed by atoms with E-state index >= 15 is 0 Å². The predicted octanol–water partition coefficient (Wildman–Crippen LogP) is 2.81. The summed E-state index contributed by atoms with van der Waals surface area (Å²) in [5.41, 5.74) is 5.63. The molecule has 1 aromatic carbocycles. The van der Waals surface area contributed by atoms with Crippen molar-refractivity contribution in [2.24, 2.45) is 5.73 Å². The van der Waals surface area contributed by atoms with Crippen LogP contribution in [0.3, 0.4) is 0 Å². The second-order valence-corrected chi connectivity index (χ2v) is 4.77. The van der Waals surface area contributed by atoms with E-state index in [0.717, 1.165) is 0 Å². The van der Waals surface area contributed by atoms with E-state index in [0.29, 0.717) is 11.3 Å². The van der Waals surface area contributed by atoms with Gasteiger partial charge in [0.1, 0.15) is 29.7 Å². The molecule has 1 heterocycles. The molecule has 0 aliphatic rings. The Kier molecular flexibility index (Phi) is 5.00. The van der Waals surface area contributed by atoms with E-state index in [1.807, 2.05) is 6.07 Å². The Bertz CT molecular complexity index is 1010. The maximum absolute atomic E-state index is 11.0. The number of hydrogen-bond acceptors (Lipinski definition) is 6. The molecule has 0 fully saturated rings. The topological polar surface area (TPSA) is 148 Å². The summed E-state index contributed by atoms with van der Waals surface area (Å²) >= 11 is 0. The highest BCUT2D eigenvalue weighted by atomic mass is 16.4. The Labute approximate surface area is 142 Å². The minimum atomic E-state index is -1.06. The fourth-order valence-electron chi connectivity index (χ4n) is 1.98. The summed E-state index contributed by atoms with van der Waals surface area (Å²) in [5, 5.41) is 35.8. The molecule has 2 aromatic rings. The molecule has 0 atom stereocenters. The van der Waals surface area contributed by atoms with Gasteiger partial charge in [-0.3, -0.25) is 0 Å². The van der Waals surface area contributed by atoms with E-state index in [9.17, 15) is 4.79 Å². The zero-order valence-corrected chi connectivity index (χ0v) is 12.7. The van der Waals surface area contributed by atoms with Crippen LogP contribution in [0, 0.1) is 34.0 Å². The lowest BCUT2D eigenvalue weighted by molar-refractivity contribution is 0.0697. The number of carboxylic acid groups (broad SMARTS) is 1. The standard InChI is InChI=1S/C18H10N4O3/c19-8-13(17(22)14(9-20)10-21)7-15-4-5-16(25-15)11-2-1-3-12(6-11)18(23)24/h1-7H,22H2,(H,23,24)/b13-7+. The zero-order valence-electron chi connectivity index (χ0n) is 12.7. The minimum absolute atomic E-state index is 0.0849. The number of aromatic carboxylic acids is 1. The third kappa shape index (κ3) is 3.73. The van der Waals surface area contributed by atoms with Crippen LogP contribution in [-0.4, -0.2) is 11.1 Å². The van der Waals surface area contributed by atoms with Gasteiger partial charge in [0.15, 0.2) is 5.57 Å². The van der Waals surface area contributed by atoms with Gasteiger partial charge in [-0.1, -0.05) is 12.1 Å². The van der Waals surface area contributed by atoms with Crippen molar-refractivity contribution in [3.8, 4) is 29.5 Å². The highest BCUT2D eigenvalue weighted by molar-refractivity contribution is 5.89. The Morgan fingerprint density at radius 1 is 1.12 bits per heavy atom. The molecule has 0 aliphatic carbocycles. The number of benzene rings is 1. The number of nitrogens with two attached hydrogens (primary N) is 1. The second kappa shape index (κ2) is 7.32. The third-order valence-electron chi connectivity index (χ3n) is 3.21. The second-order valence-electron chi connectivity index (χ2n) is 4.77. The van der Waals surface area contributed by atoms with Crippen LogP contribution in [0.4, 0.5) is 0 Å². The smallest absolute Gasteiger partial charge is 0.335 e. The first-order valence-electron chi connectivity index (χ1n) is 6.85. The normalized spacial score (nSPS) is 10.2. The summed E-state index contributed by atoms with van der Waals surface area (Å²) in [5.74, 6) is -0.390. The van der Waals surface area contributed by atoms with Crippen molar-refractivity contribution in [3.63, 3.8) is 0 Å². The largest absolute Gasteiger partial charge is 0.478 e. The van der Waals surface area contributed by atoms with Gasteiger partial charge in [-0.05, 0) is 24.3 Å². The number of nitriles is 3. The van der Waals surface area contributed by atoms with E-state index in [2.05, 4.69) is 0 Å². The summed E-state index contributed by atoms with van der Waals surface area (Å²) in [6.45, 7) is 0. The summed E-state index contributed by atoms with van der Waals surface area (Å²) in [7, 11) is 0. The van der Waals surface area contributed by atoms with Gasteiger partial charge >= 0.3 is 5.97 Å². The Balaban J connectivity index is 2.42. The van der Waals surface area contributed by atoms with Crippen molar-refractivity contribution in [1.29, 1.82) is 15.8 Å². The molecule has 0 radical (unpaired) electrons. The fourth-order valence-corrected chi connectivity index (χ4v) is 1.98. The molecule has 3 N–H and O–H groups in total. The van der Waals surface area contributed by atoms with Crippen LogP contribution < -0.4 is 5.73 Å². The van der Waals surface area contributed by atoms with E-state index in [1.54, 1.807) is 36.4 Å². The molecular weight excluding hydrogens is 320 g/mol. The predicted molar refractivity (Wildman–Crippen MR) is 87.1 cm³/mol. The summed E-state index contributed by atoms with van der Waals surface area (Å²) in [6.07, 6.45) is 1.30. The number of carboxylic acids is 1. The first-order valence-corrected chi connectivity index (χ1v) is 6.85. The molecule has 7 heteroatoms. The van der Waals surface area contributed by atoms with Crippen molar-refractivity contribution in [1.82, 2.24) is 0 Å². The van der Waals surface area contributed by atoms with Gasteiger partial charge in [-0.15, -0.1) is 0 Å². The third-order valence-corrected chi connectivity index (χ3v) is 3.21. The summed E-state index contributed by atoms with van der Waals surface area (Å²) in [6, 6.07) is 14.4. The molecular formula is C18H10N4O3. The highest BCUT2D eigenvalue weighted by Gasteiger charge is 2.11.